The fraction of sp³-hybridized carbons (Fsp3) is 0.588. The molecule has 0 amide bonds. The van der Waals surface area contributed by atoms with Gasteiger partial charge in [-0.2, -0.15) is 0 Å². The van der Waals surface area contributed by atoms with Crippen molar-refractivity contribution in [3.05, 3.63) is 34.9 Å². The molecular formula is C17H25NO2. The Bertz CT molecular complexity index is 450. The van der Waals surface area contributed by atoms with Crippen LogP contribution in [0.5, 0.6) is 0 Å². The number of hydrogen-bond acceptors (Lipinski definition) is 2. The number of nitrogens with zero attached hydrogens (tertiary/aromatic N) is 1. The molecule has 1 heterocycles. The van der Waals surface area contributed by atoms with Gasteiger partial charge in [-0.25, -0.2) is 0 Å². The summed E-state index contributed by atoms with van der Waals surface area (Å²) in [6, 6.07) is 6.72. The molecule has 1 fully saturated rings. The Balaban J connectivity index is 1.90. The van der Waals surface area contributed by atoms with Crippen molar-refractivity contribution in [3.63, 3.8) is 0 Å². The Kier molecular flexibility index (Phi) is 5.18. The first-order valence-corrected chi connectivity index (χ1v) is 7.54. The molecule has 0 aliphatic carbocycles. The van der Waals surface area contributed by atoms with E-state index in [4.69, 9.17) is 5.11 Å². The van der Waals surface area contributed by atoms with Gasteiger partial charge in [0.2, 0.25) is 0 Å². The number of carbonyl (C=O) groups is 1. The van der Waals surface area contributed by atoms with E-state index in [1.54, 1.807) is 0 Å². The van der Waals surface area contributed by atoms with Gasteiger partial charge in [0.25, 0.3) is 0 Å². The third kappa shape index (κ3) is 4.64. The van der Waals surface area contributed by atoms with Gasteiger partial charge in [0.15, 0.2) is 0 Å². The zero-order valence-corrected chi connectivity index (χ0v) is 12.6. The molecule has 1 saturated heterocycles. The Hall–Kier alpha value is -1.35. The van der Waals surface area contributed by atoms with Gasteiger partial charge in [0, 0.05) is 19.5 Å². The summed E-state index contributed by atoms with van der Waals surface area (Å²) in [5.41, 5.74) is 4.01. The van der Waals surface area contributed by atoms with Crippen molar-refractivity contribution in [2.75, 3.05) is 13.1 Å². The van der Waals surface area contributed by atoms with E-state index < -0.39 is 5.97 Å². The monoisotopic (exact) mass is 275 g/mol. The Morgan fingerprint density at radius 1 is 1.30 bits per heavy atom. The fourth-order valence-electron chi connectivity index (χ4n) is 3.28. The second-order valence-electron chi connectivity index (χ2n) is 6.17. The highest BCUT2D eigenvalue weighted by atomic mass is 16.4. The van der Waals surface area contributed by atoms with E-state index in [0.29, 0.717) is 12.3 Å². The van der Waals surface area contributed by atoms with Gasteiger partial charge in [-0.05, 0) is 51.1 Å². The molecular weight excluding hydrogens is 250 g/mol. The van der Waals surface area contributed by atoms with E-state index in [2.05, 4.69) is 36.9 Å². The minimum atomic E-state index is -0.670. The average Bonchev–Trinajstić information content (AvgIpc) is 2.35. The molecule has 1 aliphatic rings. The van der Waals surface area contributed by atoms with Crippen LogP contribution in [-0.2, 0) is 11.3 Å². The summed E-state index contributed by atoms with van der Waals surface area (Å²) in [6.45, 7) is 7.45. The lowest BCUT2D eigenvalue weighted by Gasteiger charge is -2.32. The Morgan fingerprint density at radius 3 is 2.65 bits per heavy atom. The number of likely N-dealkylation sites (tertiary alicyclic amines) is 1. The lowest BCUT2D eigenvalue weighted by atomic mass is 9.93. The second kappa shape index (κ2) is 6.89. The maximum absolute atomic E-state index is 10.7. The van der Waals surface area contributed by atoms with Gasteiger partial charge >= 0.3 is 5.97 Å². The van der Waals surface area contributed by atoms with Crippen LogP contribution >= 0.6 is 0 Å². The summed E-state index contributed by atoms with van der Waals surface area (Å²) in [6.07, 6.45) is 3.49. The SMILES string of the molecule is Cc1cc(C)cc(CN2CCCC(CCC(=O)O)C2)c1. The molecule has 0 aromatic heterocycles. The number of aliphatic carboxylic acids is 1. The summed E-state index contributed by atoms with van der Waals surface area (Å²) < 4.78 is 0. The smallest absolute Gasteiger partial charge is 0.303 e. The van der Waals surface area contributed by atoms with Crippen LogP contribution in [0.2, 0.25) is 0 Å². The van der Waals surface area contributed by atoms with Crippen LogP contribution < -0.4 is 0 Å². The van der Waals surface area contributed by atoms with Gasteiger partial charge < -0.3 is 5.11 Å². The lowest BCUT2D eigenvalue weighted by molar-refractivity contribution is -0.137. The van der Waals surface area contributed by atoms with Crippen molar-refractivity contribution in [2.24, 2.45) is 5.92 Å². The van der Waals surface area contributed by atoms with Crippen LogP contribution in [0.15, 0.2) is 18.2 Å². The largest absolute Gasteiger partial charge is 0.481 e. The van der Waals surface area contributed by atoms with Gasteiger partial charge in [-0.3, -0.25) is 9.69 Å². The summed E-state index contributed by atoms with van der Waals surface area (Å²) in [5, 5.41) is 8.79. The van der Waals surface area contributed by atoms with Crippen molar-refractivity contribution in [2.45, 2.75) is 46.1 Å². The standard InChI is InChI=1S/C17H25NO2/c1-13-8-14(2)10-16(9-13)12-18-7-3-4-15(11-18)5-6-17(19)20/h8-10,15H,3-7,11-12H2,1-2H3,(H,19,20). The summed E-state index contributed by atoms with van der Waals surface area (Å²) in [7, 11) is 0. The highest BCUT2D eigenvalue weighted by Crippen LogP contribution is 2.23. The summed E-state index contributed by atoms with van der Waals surface area (Å²) in [4.78, 5) is 13.2. The molecule has 3 heteroatoms. The number of carboxylic acids is 1. The van der Waals surface area contributed by atoms with E-state index in [9.17, 15) is 4.79 Å². The topological polar surface area (TPSA) is 40.5 Å². The molecule has 1 aromatic rings. The van der Waals surface area contributed by atoms with Crippen LogP contribution in [0.1, 0.15) is 42.4 Å². The van der Waals surface area contributed by atoms with Crippen LogP contribution in [0.25, 0.3) is 0 Å². The third-order valence-electron chi connectivity index (χ3n) is 4.06. The third-order valence-corrected chi connectivity index (χ3v) is 4.06. The first kappa shape index (κ1) is 15.0. The predicted molar refractivity (Wildman–Crippen MR) is 80.8 cm³/mol. The molecule has 0 bridgehead atoms. The zero-order chi connectivity index (χ0) is 14.5. The first-order valence-electron chi connectivity index (χ1n) is 7.54. The van der Waals surface area contributed by atoms with Crippen LogP contribution in [0, 0.1) is 19.8 Å². The molecule has 0 spiro atoms. The Morgan fingerprint density at radius 2 is 2.00 bits per heavy atom. The van der Waals surface area contributed by atoms with Crippen LogP contribution in [0.3, 0.4) is 0 Å². The summed E-state index contributed by atoms with van der Waals surface area (Å²) in [5.74, 6) is -0.123. The van der Waals surface area contributed by atoms with Gasteiger partial charge in [-0.15, -0.1) is 0 Å². The minimum absolute atomic E-state index is 0.308. The quantitative estimate of drug-likeness (QED) is 0.895. The normalized spacial score (nSPS) is 20.0. The number of hydrogen-bond donors (Lipinski definition) is 1. The van der Waals surface area contributed by atoms with Crippen molar-refractivity contribution in [3.8, 4) is 0 Å². The molecule has 110 valence electrons. The van der Waals surface area contributed by atoms with E-state index >= 15 is 0 Å². The van der Waals surface area contributed by atoms with Crippen LogP contribution in [0.4, 0.5) is 0 Å². The molecule has 1 unspecified atom stereocenters. The molecule has 0 radical (unpaired) electrons. The molecule has 0 saturated carbocycles. The molecule has 3 nitrogen and oxygen atoms in total. The fourth-order valence-corrected chi connectivity index (χ4v) is 3.28. The number of benzene rings is 1. The molecule has 1 aliphatic heterocycles. The number of aryl methyl sites for hydroxylation is 2. The molecule has 1 aromatic carbocycles. The number of carboxylic acid groups (broad SMARTS) is 1. The maximum atomic E-state index is 10.7. The highest BCUT2D eigenvalue weighted by molar-refractivity contribution is 5.66. The predicted octanol–water partition coefficient (Wildman–Crippen LogP) is 3.38. The van der Waals surface area contributed by atoms with Crippen molar-refractivity contribution in [1.29, 1.82) is 0 Å². The van der Waals surface area contributed by atoms with E-state index in [0.717, 1.165) is 26.1 Å². The number of rotatable bonds is 5. The second-order valence-corrected chi connectivity index (χ2v) is 6.17. The Labute approximate surface area is 121 Å². The molecule has 1 N–H and O–H groups in total. The average molecular weight is 275 g/mol. The van der Waals surface area contributed by atoms with E-state index in [1.807, 2.05) is 0 Å². The highest BCUT2D eigenvalue weighted by Gasteiger charge is 2.20. The molecule has 20 heavy (non-hydrogen) atoms. The minimum Gasteiger partial charge on any atom is -0.481 e. The zero-order valence-electron chi connectivity index (χ0n) is 12.6. The van der Waals surface area contributed by atoms with Crippen molar-refractivity contribution < 1.29 is 9.90 Å². The van der Waals surface area contributed by atoms with Gasteiger partial charge in [0.1, 0.15) is 0 Å². The molecule has 1 atom stereocenters. The summed E-state index contributed by atoms with van der Waals surface area (Å²) >= 11 is 0. The van der Waals surface area contributed by atoms with Crippen molar-refractivity contribution in [1.82, 2.24) is 4.90 Å². The van der Waals surface area contributed by atoms with Gasteiger partial charge in [-0.1, -0.05) is 29.3 Å². The molecule has 2 rings (SSSR count). The first-order chi connectivity index (χ1) is 9.52. The van der Waals surface area contributed by atoms with E-state index in [-0.39, 0.29) is 0 Å². The van der Waals surface area contributed by atoms with E-state index in [1.165, 1.54) is 29.5 Å². The van der Waals surface area contributed by atoms with Crippen LogP contribution in [-0.4, -0.2) is 29.1 Å². The van der Waals surface area contributed by atoms with Crippen molar-refractivity contribution >= 4 is 5.97 Å². The number of piperidine rings is 1. The maximum Gasteiger partial charge on any atom is 0.303 e. The van der Waals surface area contributed by atoms with Gasteiger partial charge in [0.05, 0.1) is 0 Å². The lowest BCUT2D eigenvalue weighted by Crippen LogP contribution is -2.35.